The Kier molecular flexibility index (Phi) is 5.22. The van der Waals surface area contributed by atoms with Gasteiger partial charge in [-0.2, -0.15) is 0 Å². The first kappa shape index (κ1) is 19.0. The third-order valence-corrected chi connectivity index (χ3v) is 5.12. The quantitative estimate of drug-likeness (QED) is 0.808. The molecule has 0 aromatic carbocycles. The Morgan fingerprint density at radius 3 is 1.48 bits per heavy atom. The SMILES string of the molecule is CCn1/c(=C2\C=C(N(C)C)C=CN2C)cc/c1=C1/C=C(N(C)C)C=CN1C. The van der Waals surface area contributed by atoms with Crippen LogP contribution >= 0.6 is 0 Å². The summed E-state index contributed by atoms with van der Waals surface area (Å²) in [6.45, 7) is 3.12. The fraction of sp³-hybridized carbons (Fsp3) is 0.364. The first-order valence-electron chi connectivity index (χ1n) is 9.37. The summed E-state index contributed by atoms with van der Waals surface area (Å²) in [4.78, 5) is 8.66. The van der Waals surface area contributed by atoms with Crippen LogP contribution in [0.1, 0.15) is 6.92 Å². The van der Waals surface area contributed by atoms with Crippen LogP contribution in [0.4, 0.5) is 0 Å². The molecule has 0 fully saturated rings. The fourth-order valence-electron chi connectivity index (χ4n) is 3.44. The Bertz CT molecular complexity index is 878. The van der Waals surface area contributed by atoms with Gasteiger partial charge in [0.2, 0.25) is 0 Å². The van der Waals surface area contributed by atoms with Crippen LogP contribution in [0.2, 0.25) is 0 Å². The largest absolute Gasteiger partial charge is 0.378 e. The van der Waals surface area contributed by atoms with Crippen molar-refractivity contribution in [2.45, 2.75) is 13.5 Å². The monoisotopic (exact) mass is 365 g/mol. The van der Waals surface area contributed by atoms with Gasteiger partial charge in [0, 0.05) is 72.6 Å². The van der Waals surface area contributed by atoms with E-state index < -0.39 is 0 Å². The van der Waals surface area contributed by atoms with E-state index in [4.69, 9.17) is 0 Å². The van der Waals surface area contributed by atoms with Crippen molar-refractivity contribution in [3.63, 3.8) is 0 Å². The lowest BCUT2D eigenvalue weighted by Crippen LogP contribution is -2.34. The molecule has 0 spiro atoms. The molecular weight excluding hydrogens is 334 g/mol. The molecule has 2 aliphatic rings. The summed E-state index contributed by atoms with van der Waals surface area (Å²) >= 11 is 0. The molecule has 1 aromatic rings. The Balaban J connectivity index is 2.28. The van der Waals surface area contributed by atoms with Crippen molar-refractivity contribution in [3.8, 4) is 0 Å². The molecule has 0 bridgehead atoms. The molecule has 0 atom stereocenters. The predicted octanol–water partition coefficient (Wildman–Crippen LogP) is 1.53. The minimum absolute atomic E-state index is 0.913. The van der Waals surface area contributed by atoms with E-state index in [1.807, 2.05) is 0 Å². The van der Waals surface area contributed by atoms with Crippen LogP contribution in [0.3, 0.4) is 0 Å². The number of hydrogen-bond donors (Lipinski definition) is 0. The lowest BCUT2D eigenvalue weighted by Gasteiger charge is -2.26. The highest BCUT2D eigenvalue weighted by molar-refractivity contribution is 5.62. The average Bonchev–Trinajstić information content (AvgIpc) is 3.05. The number of allylic oxidation sites excluding steroid dienone is 2. The van der Waals surface area contributed by atoms with Crippen molar-refractivity contribution in [2.75, 3.05) is 42.3 Å². The van der Waals surface area contributed by atoms with E-state index in [2.05, 4.69) is 122 Å². The van der Waals surface area contributed by atoms with Gasteiger partial charge in [0.05, 0.1) is 22.1 Å². The van der Waals surface area contributed by atoms with E-state index in [9.17, 15) is 0 Å². The van der Waals surface area contributed by atoms with E-state index in [-0.39, 0.29) is 0 Å². The Morgan fingerprint density at radius 1 is 0.741 bits per heavy atom. The third-order valence-electron chi connectivity index (χ3n) is 5.12. The molecule has 0 aliphatic carbocycles. The lowest BCUT2D eigenvalue weighted by atomic mass is 10.2. The average molecular weight is 366 g/mol. The van der Waals surface area contributed by atoms with E-state index in [1.165, 1.54) is 33.5 Å². The predicted molar refractivity (Wildman–Crippen MR) is 114 cm³/mol. The number of likely N-dealkylation sites (N-methyl/N-ethyl adjacent to an activating group) is 4. The smallest absolute Gasteiger partial charge is 0.0665 e. The standard InChI is InChI=1S/C22H31N5/c1-8-27-19(21-15-17(23(2)3)11-13-25(21)6)9-10-20(27)22-16-18(24(4)5)12-14-26(22)7/h9-16H,8H2,1-7H3/b21-19+,22-20+. The lowest BCUT2D eigenvalue weighted by molar-refractivity contribution is 0.516. The molecule has 0 saturated heterocycles. The number of aromatic nitrogens is 1. The first-order valence-corrected chi connectivity index (χ1v) is 9.37. The second-order valence-electron chi connectivity index (χ2n) is 7.40. The van der Waals surface area contributed by atoms with Gasteiger partial charge < -0.3 is 24.2 Å². The molecule has 5 heteroatoms. The maximum atomic E-state index is 2.39. The molecule has 3 rings (SSSR count). The highest BCUT2D eigenvalue weighted by Gasteiger charge is 2.14. The van der Waals surface area contributed by atoms with Crippen molar-refractivity contribution in [1.82, 2.24) is 24.2 Å². The van der Waals surface area contributed by atoms with Gasteiger partial charge in [0.1, 0.15) is 0 Å². The maximum Gasteiger partial charge on any atom is 0.0665 e. The Morgan fingerprint density at radius 2 is 1.15 bits per heavy atom. The summed E-state index contributed by atoms with van der Waals surface area (Å²) < 4.78 is 2.39. The van der Waals surface area contributed by atoms with Gasteiger partial charge in [-0.05, 0) is 43.4 Å². The van der Waals surface area contributed by atoms with E-state index in [1.54, 1.807) is 0 Å². The minimum Gasteiger partial charge on any atom is -0.378 e. The third kappa shape index (κ3) is 3.54. The van der Waals surface area contributed by atoms with Crippen LogP contribution in [0.15, 0.2) is 60.2 Å². The molecule has 0 amide bonds. The van der Waals surface area contributed by atoms with Gasteiger partial charge in [0.25, 0.3) is 0 Å². The molecule has 27 heavy (non-hydrogen) atoms. The molecule has 0 N–H and O–H groups in total. The summed E-state index contributed by atoms with van der Waals surface area (Å²) in [6, 6.07) is 4.46. The molecule has 1 aromatic heterocycles. The maximum absolute atomic E-state index is 2.39. The van der Waals surface area contributed by atoms with Gasteiger partial charge in [-0.15, -0.1) is 0 Å². The topological polar surface area (TPSA) is 17.9 Å². The molecule has 3 heterocycles. The number of hydrogen-bond acceptors (Lipinski definition) is 4. The zero-order valence-electron chi connectivity index (χ0n) is 17.6. The second kappa shape index (κ2) is 7.43. The summed E-state index contributed by atoms with van der Waals surface area (Å²) in [5.41, 5.74) is 4.82. The molecule has 0 unspecified atom stereocenters. The normalized spacial score (nSPS) is 20.7. The van der Waals surface area contributed by atoms with Crippen LogP contribution in [0.25, 0.3) is 11.4 Å². The first-order chi connectivity index (χ1) is 12.8. The van der Waals surface area contributed by atoms with Crippen LogP contribution < -0.4 is 10.7 Å². The molecule has 2 aliphatic heterocycles. The Hall–Kier alpha value is -2.82. The minimum atomic E-state index is 0.913. The summed E-state index contributed by atoms with van der Waals surface area (Å²) in [5.74, 6) is 0. The molecule has 0 saturated carbocycles. The fourth-order valence-corrected chi connectivity index (χ4v) is 3.44. The summed E-state index contributed by atoms with van der Waals surface area (Å²) in [6.07, 6.45) is 13.0. The molecule has 0 radical (unpaired) electrons. The summed E-state index contributed by atoms with van der Waals surface area (Å²) in [5, 5.41) is 2.46. The van der Waals surface area contributed by atoms with Gasteiger partial charge in [-0.25, -0.2) is 0 Å². The molecule has 144 valence electrons. The molecular formula is C22H31N5. The van der Waals surface area contributed by atoms with Gasteiger partial charge >= 0.3 is 0 Å². The van der Waals surface area contributed by atoms with Gasteiger partial charge in [-0.1, -0.05) is 0 Å². The van der Waals surface area contributed by atoms with Crippen LogP contribution in [0, 0.1) is 0 Å². The van der Waals surface area contributed by atoms with E-state index >= 15 is 0 Å². The van der Waals surface area contributed by atoms with Gasteiger partial charge in [-0.3, -0.25) is 0 Å². The van der Waals surface area contributed by atoms with Crippen LogP contribution in [0.5, 0.6) is 0 Å². The van der Waals surface area contributed by atoms with Crippen molar-refractivity contribution in [1.29, 1.82) is 0 Å². The van der Waals surface area contributed by atoms with Crippen molar-refractivity contribution >= 4 is 11.4 Å². The zero-order valence-corrected chi connectivity index (χ0v) is 17.6. The van der Waals surface area contributed by atoms with Crippen LogP contribution in [-0.2, 0) is 6.54 Å². The number of nitrogens with zero attached hydrogens (tertiary/aromatic N) is 5. The second-order valence-corrected chi connectivity index (χ2v) is 7.40. The van der Waals surface area contributed by atoms with E-state index in [0.717, 1.165) is 6.54 Å². The molecule has 5 nitrogen and oxygen atoms in total. The van der Waals surface area contributed by atoms with Crippen molar-refractivity contribution in [2.24, 2.45) is 0 Å². The highest BCUT2D eigenvalue weighted by atomic mass is 15.2. The van der Waals surface area contributed by atoms with E-state index in [0.29, 0.717) is 0 Å². The van der Waals surface area contributed by atoms with Gasteiger partial charge in [0.15, 0.2) is 0 Å². The highest BCUT2D eigenvalue weighted by Crippen LogP contribution is 2.18. The van der Waals surface area contributed by atoms with Crippen LogP contribution in [-0.4, -0.2) is 66.5 Å². The zero-order chi connectivity index (χ0) is 19.7. The summed E-state index contributed by atoms with van der Waals surface area (Å²) in [7, 11) is 12.5. The number of rotatable bonds is 3. The van der Waals surface area contributed by atoms with Crippen molar-refractivity contribution in [3.05, 3.63) is 70.9 Å². The van der Waals surface area contributed by atoms with Crippen molar-refractivity contribution < 1.29 is 0 Å². The Labute approximate surface area is 162 Å².